The fourth-order valence-corrected chi connectivity index (χ4v) is 4.70. The number of hydrogen-bond acceptors (Lipinski definition) is 5. The van der Waals surface area contributed by atoms with Gasteiger partial charge in [0.25, 0.3) is 6.43 Å². The van der Waals surface area contributed by atoms with Crippen LogP contribution in [0.1, 0.15) is 43.1 Å². The van der Waals surface area contributed by atoms with Gasteiger partial charge in [0.2, 0.25) is 5.91 Å². The lowest BCUT2D eigenvalue weighted by Crippen LogP contribution is -2.61. The van der Waals surface area contributed by atoms with E-state index in [2.05, 4.69) is 20.5 Å². The minimum Gasteiger partial charge on any atom is -0.495 e. The molecule has 2 aromatic carbocycles. The van der Waals surface area contributed by atoms with Crippen molar-refractivity contribution >= 4 is 28.2 Å². The Hall–Kier alpha value is -3.49. The third kappa shape index (κ3) is 4.47. The van der Waals surface area contributed by atoms with Crippen LogP contribution in [0.2, 0.25) is 0 Å². The first kappa shape index (κ1) is 24.6. The number of aryl methyl sites for hydroxylation is 1. The first-order valence-electron chi connectivity index (χ1n) is 11.4. The minimum absolute atomic E-state index is 0.0185. The summed E-state index contributed by atoms with van der Waals surface area (Å²) in [5, 5.41) is 6.77. The Kier molecular flexibility index (Phi) is 6.53. The van der Waals surface area contributed by atoms with E-state index in [4.69, 9.17) is 4.74 Å². The van der Waals surface area contributed by atoms with E-state index in [0.717, 1.165) is 22.8 Å². The molecule has 0 aliphatic carbocycles. The first-order valence-corrected chi connectivity index (χ1v) is 11.4. The fraction of sp³-hybridized carbons (Fsp3) is 0.385. The van der Waals surface area contributed by atoms with E-state index >= 15 is 0 Å². The van der Waals surface area contributed by atoms with Gasteiger partial charge in [-0.3, -0.25) is 9.78 Å². The van der Waals surface area contributed by atoms with Crippen molar-refractivity contribution in [2.45, 2.75) is 33.2 Å². The van der Waals surface area contributed by atoms with Crippen LogP contribution < -0.4 is 20.3 Å². The van der Waals surface area contributed by atoms with Crippen LogP contribution in [-0.4, -0.2) is 38.1 Å². The Balaban J connectivity index is 1.72. The van der Waals surface area contributed by atoms with E-state index in [9.17, 15) is 18.0 Å². The molecule has 6 nitrogen and oxygen atoms in total. The largest absolute Gasteiger partial charge is 0.495 e. The number of carbonyl (C=O) groups is 1. The molecule has 1 fully saturated rings. The summed E-state index contributed by atoms with van der Waals surface area (Å²) >= 11 is 0. The van der Waals surface area contributed by atoms with Crippen LogP contribution in [0.15, 0.2) is 36.4 Å². The van der Waals surface area contributed by atoms with Crippen molar-refractivity contribution in [2.75, 3.05) is 37.5 Å². The zero-order valence-corrected chi connectivity index (χ0v) is 20.4. The maximum atomic E-state index is 14.8. The van der Waals surface area contributed by atoms with E-state index in [1.807, 2.05) is 32.0 Å². The van der Waals surface area contributed by atoms with Gasteiger partial charge in [-0.1, -0.05) is 18.2 Å². The van der Waals surface area contributed by atoms with Crippen LogP contribution in [0, 0.1) is 18.2 Å². The lowest BCUT2D eigenvalue weighted by molar-refractivity contribution is -0.130. The van der Waals surface area contributed by atoms with Crippen molar-refractivity contribution in [3.05, 3.63) is 59.0 Å². The van der Waals surface area contributed by atoms with Crippen molar-refractivity contribution in [1.82, 2.24) is 10.3 Å². The van der Waals surface area contributed by atoms with Gasteiger partial charge in [-0.15, -0.1) is 0 Å². The van der Waals surface area contributed by atoms with Crippen molar-refractivity contribution in [2.24, 2.45) is 5.41 Å². The summed E-state index contributed by atoms with van der Waals surface area (Å²) in [5.41, 5.74) is 1.97. The molecule has 1 saturated heterocycles. The number of fused-ring (bicyclic) bond motifs is 1. The number of amides is 1. The highest BCUT2D eigenvalue weighted by molar-refractivity contribution is 5.96. The van der Waals surface area contributed by atoms with Crippen LogP contribution in [-0.2, 0) is 4.79 Å². The molecule has 1 amide bonds. The highest BCUT2D eigenvalue weighted by Crippen LogP contribution is 2.42. The molecule has 0 bridgehead atoms. The number of pyridine rings is 1. The second-order valence-corrected chi connectivity index (χ2v) is 9.27. The molecule has 0 saturated carbocycles. The first-order chi connectivity index (χ1) is 16.6. The van der Waals surface area contributed by atoms with Crippen LogP contribution in [0.4, 0.5) is 24.5 Å². The highest BCUT2D eigenvalue weighted by Gasteiger charge is 2.45. The van der Waals surface area contributed by atoms with E-state index in [1.54, 1.807) is 21.1 Å². The number of anilines is 2. The Morgan fingerprint density at radius 2 is 1.89 bits per heavy atom. The van der Waals surface area contributed by atoms with Gasteiger partial charge in [-0.25, -0.2) is 13.2 Å². The SMILES string of the molecule is CNC(=O)C1(C)CN(c2cc3c(N[C@H](C)c4cccc(C(F)F)c4F)cc(C)nc3cc2OC)C1. The molecule has 1 aliphatic rings. The zero-order valence-electron chi connectivity index (χ0n) is 20.4. The highest BCUT2D eigenvalue weighted by atomic mass is 19.3. The molecule has 2 heterocycles. The Bertz CT molecular complexity index is 1280. The topological polar surface area (TPSA) is 66.5 Å². The smallest absolute Gasteiger partial charge is 0.266 e. The average Bonchev–Trinajstić information content (AvgIpc) is 2.80. The molecule has 9 heteroatoms. The number of hydrogen-bond donors (Lipinski definition) is 2. The number of rotatable bonds is 7. The molecule has 35 heavy (non-hydrogen) atoms. The van der Waals surface area contributed by atoms with E-state index in [0.29, 0.717) is 30.0 Å². The van der Waals surface area contributed by atoms with Crippen molar-refractivity contribution < 1.29 is 22.7 Å². The number of halogens is 3. The standard InChI is InChI=1S/C26H29F3N4O2/c1-14-9-19(32-15(2)16-7-6-8-17(23(16)27)24(28)29)18-10-21(22(35-5)11-20(18)31-14)33-12-26(3,13-33)25(34)30-4/h6-11,15,24H,12-13H2,1-5H3,(H,30,34)(H,31,32)/t15-/m1/s1. The summed E-state index contributed by atoms with van der Waals surface area (Å²) in [5.74, 6) is -0.298. The summed E-state index contributed by atoms with van der Waals surface area (Å²) < 4.78 is 46.8. The van der Waals surface area contributed by atoms with Crippen molar-refractivity contribution in [3.63, 3.8) is 0 Å². The molecule has 0 spiro atoms. The molecule has 1 aliphatic heterocycles. The predicted molar refractivity (Wildman–Crippen MR) is 131 cm³/mol. The Labute approximate surface area is 202 Å². The summed E-state index contributed by atoms with van der Waals surface area (Å²) in [7, 11) is 3.21. The predicted octanol–water partition coefficient (Wildman–Crippen LogP) is 5.37. The number of carbonyl (C=O) groups excluding carboxylic acids is 1. The molecule has 0 unspecified atom stereocenters. The number of nitrogens with zero attached hydrogens (tertiary/aromatic N) is 2. The lowest BCUT2D eigenvalue weighted by Gasteiger charge is -2.48. The van der Waals surface area contributed by atoms with Crippen LogP contribution >= 0.6 is 0 Å². The number of methoxy groups -OCH3 is 1. The van der Waals surface area contributed by atoms with Gasteiger partial charge in [0, 0.05) is 48.5 Å². The van der Waals surface area contributed by atoms with Crippen molar-refractivity contribution in [3.8, 4) is 5.75 Å². The number of alkyl halides is 2. The lowest BCUT2D eigenvalue weighted by atomic mass is 9.80. The molecule has 1 aromatic heterocycles. The molecule has 2 N–H and O–H groups in total. The second kappa shape index (κ2) is 9.28. The van der Waals surface area contributed by atoms with Gasteiger partial charge >= 0.3 is 0 Å². The number of benzene rings is 2. The number of nitrogens with one attached hydrogen (secondary N) is 2. The molecule has 186 valence electrons. The zero-order chi connectivity index (χ0) is 25.5. The number of aromatic nitrogens is 1. The van der Waals surface area contributed by atoms with Crippen LogP contribution in [0.3, 0.4) is 0 Å². The Morgan fingerprint density at radius 3 is 2.51 bits per heavy atom. The van der Waals surface area contributed by atoms with Crippen LogP contribution in [0.25, 0.3) is 10.9 Å². The van der Waals surface area contributed by atoms with Crippen LogP contribution in [0.5, 0.6) is 5.75 Å². The van der Waals surface area contributed by atoms with Gasteiger partial charge in [0.15, 0.2) is 0 Å². The third-order valence-corrected chi connectivity index (χ3v) is 6.57. The summed E-state index contributed by atoms with van der Waals surface area (Å²) in [4.78, 5) is 18.9. The quantitative estimate of drug-likeness (QED) is 0.470. The maximum absolute atomic E-state index is 14.8. The van der Waals surface area contributed by atoms with Gasteiger partial charge in [-0.2, -0.15) is 0 Å². The second-order valence-electron chi connectivity index (χ2n) is 9.27. The van der Waals surface area contributed by atoms with E-state index in [-0.39, 0.29) is 11.5 Å². The summed E-state index contributed by atoms with van der Waals surface area (Å²) in [6, 6.07) is 9.07. The summed E-state index contributed by atoms with van der Waals surface area (Å²) in [6.07, 6.45) is -2.89. The average molecular weight is 487 g/mol. The van der Waals surface area contributed by atoms with E-state index < -0.39 is 29.3 Å². The third-order valence-electron chi connectivity index (χ3n) is 6.57. The molecule has 1 atom stereocenters. The normalized spacial score (nSPS) is 15.6. The molecular weight excluding hydrogens is 457 g/mol. The van der Waals surface area contributed by atoms with E-state index in [1.165, 1.54) is 12.1 Å². The maximum Gasteiger partial charge on any atom is 0.266 e. The van der Waals surface area contributed by atoms with Gasteiger partial charge in [0.1, 0.15) is 11.6 Å². The van der Waals surface area contributed by atoms with Gasteiger partial charge in [-0.05, 0) is 32.9 Å². The molecule has 4 rings (SSSR count). The fourth-order valence-electron chi connectivity index (χ4n) is 4.70. The molecular formula is C26H29F3N4O2. The summed E-state index contributed by atoms with van der Waals surface area (Å²) in [6.45, 7) is 6.54. The Morgan fingerprint density at radius 1 is 1.20 bits per heavy atom. The minimum atomic E-state index is -2.89. The van der Waals surface area contributed by atoms with Crippen molar-refractivity contribution in [1.29, 1.82) is 0 Å². The number of ether oxygens (including phenoxy) is 1. The van der Waals surface area contributed by atoms with Gasteiger partial charge < -0.3 is 20.3 Å². The molecule has 3 aromatic rings. The van der Waals surface area contributed by atoms with Gasteiger partial charge in [0.05, 0.1) is 35.3 Å². The molecule has 0 radical (unpaired) electrons. The monoisotopic (exact) mass is 486 g/mol.